The largest absolute Gasteiger partial charge is 0.296 e. The third kappa shape index (κ3) is 2.41. The van der Waals surface area contributed by atoms with E-state index in [-0.39, 0.29) is 0 Å². The van der Waals surface area contributed by atoms with Gasteiger partial charge in [0.25, 0.3) is 0 Å². The maximum atomic E-state index is 5.97. The third-order valence-electron chi connectivity index (χ3n) is 3.28. The fourth-order valence-electron chi connectivity index (χ4n) is 2.37. The van der Waals surface area contributed by atoms with Gasteiger partial charge in [0.05, 0.1) is 11.0 Å². The highest BCUT2D eigenvalue weighted by molar-refractivity contribution is 6.30. The van der Waals surface area contributed by atoms with Crippen molar-refractivity contribution in [2.45, 2.75) is 13.3 Å². The van der Waals surface area contributed by atoms with E-state index in [1.54, 1.807) is 0 Å². The van der Waals surface area contributed by atoms with E-state index in [2.05, 4.69) is 34.7 Å². The molecule has 0 bridgehead atoms. The van der Waals surface area contributed by atoms with Crippen LogP contribution in [0, 0.1) is 6.92 Å². The molecule has 0 aliphatic carbocycles. The summed E-state index contributed by atoms with van der Waals surface area (Å²) in [6, 6.07) is 14.1. The van der Waals surface area contributed by atoms with Gasteiger partial charge in [-0.15, -0.1) is 11.6 Å². The van der Waals surface area contributed by atoms with E-state index in [9.17, 15) is 0 Å². The number of benzene rings is 2. The van der Waals surface area contributed by atoms with Gasteiger partial charge < -0.3 is 0 Å². The maximum Gasteiger partial charge on any atom is 0.115 e. The highest BCUT2D eigenvalue weighted by atomic mass is 35.5. The van der Waals surface area contributed by atoms with Crippen LogP contribution in [0.3, 0.4) is 0 Å². The van der Waals surface area contributed by atoms with Gasteiger partial charge in [-0.05, 0) is 48.9 Å². The zero-order valence-electron chi connectivity index (χ0n) is 11.1. The van der Waals surface area contributed by atoms with Gasteiger partial charge in [0.1, 0.15) is 5.82 Å². The fourth-order valence-corrected chi connectivity index (χ4v) is 2.66. The number of nitrogens with zero attached hydrogens (tertiary/aromatic N) is 2. The smallest absolute Gasteiger partial charge is 0.115 e. The van der Waals surface area contributed by atoms with Crippen molar-refractivity contribution in [1.29, 1.82) is 0 Å². The normalized spacial score (nSPS) is 11.2. The van der Waals surface area contributed by atoms with Crippen molar-refractivity contribution >= 4 is 34.2 Å². The molecule has 3 aromatic rings. The summed E-state index contributed by atoms with van der Waals surface area (Å²) < 4.78 is 2.15. The molecule has 0 saturated carbocycles. The lowest BCUT2D eigenvalue weighted by Crippen LogP contribution is -2.02. The second-order valence-corrected chi connectivity index (χ2v) is 5.59. The van der Waals surface area contributed by atoms with Gasteiger partial charge in [0.15, 0.2) is 0 Å². The van der Waals surface area contributed by atoms with Gasteiger partial charge in [-0.1, -0.05) is 17.7 Å². The summed E-state index contributed by atoms with van der Waals surface area (Å²) >= 11 is 11.9. The van der Waals surface area contributed by atoms with E-state index in [1.165, 1.54) is 5.56 Å². The van der Waals surface area contributed by atoms with Crippen LogP contribution in [0.15, 0.2) is 42.5 Å². The van der Waals surface area contributed by atoms with E-state index in [1.807, 2.05) is 24.3 Å². The Bertz CT molecular complexity index is 745. The Labute approximate surface area is 128 Å². The molecule has 0 amide bonds. The van der Waals surface area contributed by atoms with E-state index in [4.69, 9.17) is 23.2 Å². The van der Waals surface area contributed by atoms with Gasteiger partial charge in [-0.2, -0.15) is 0 Å². The highest BCUT2D eigenvalue weighted by Gasteiger charge is 2.12. The Morgan fingerprint density at radius 2 is 1.85 bits per heavy atom. The van der Waals surface area contributed by atoms with Crippen molar-refractivity contribution in [1.82, 2.24) is 9.55 Å². The van der Waals surface area contributed by atoms with Crippen molar-refractivity contribution < 1.29 is 0 Å². The molecule has 2 nitrogen and oxygen atoms in total. The monoisotopic (exact) mass is 304 g/mol. The minimum Gasteiger partial charge on any atom is -0.296 e. The van der Waals surface area contributed by atoms with Crippen molar-refractivity contribution in [3.05, 3.63) is 58.9 Å². The fraction of sp³-hybridized carbons (Fsp3) is 0.188. The van der Waals surface area contributed by atoms with Gasteiger partial charge in [0.2, 0.25) is 0 Å². The number of fused-ring (bicyclic) bond motifs is 1. The molecule has 0 radical (unpaired) electrons. The van der Waals surface area contributed by atoms with E-state index in [0.717, 1.165) is 34.0 Å². The molecule has 0 saturated heterocycles. The average molecular weight is 305 g/mol. The summed E-state index contributed by atoms with van der Waals surface area (Å²) in [6.07, 6.45) is 0.734. The molecule has 2 aromatic carbocycles. The van der Waals surface area contributed by atoms with E-state index < -0.39 is 0 Å². The first-order chi connectivity index (χ1) is 9.69. The lowest BCUT2D eigenvalue weighted by molar-refractivity contribution is 0.912. The van der Waals surface area contributed by atoms with Gasteiger partial charge >= 0.3 is 0 Å². The molecule has 20 heavy (non-hydrogen) atoms. The first kappa shape index (κ1) is 13.5. The molecular formula is C16H14Cl2N2. The molecular weight excluding hydrogens is 291 g/mol. The number of aromatic nitrogens is 2. The molecule has 0 unspecified atom stereocenters. The lowest BCUT2D eigenvalue weighted by atomic mass is 10.2. The van der Waals surface area contributed by atoms with Crippen LogP contribution in [0.1, 0.15) is 11.4 Å². The van der Waals surface area contributed by atoms with Crippen molar-refractivity contribution in [3.63, 3.8) is 0 Å². The van der Waals surface area contributed by atoms with Crippen LogP contribution in [-0.4, -0.2) is 15.4 Å². The first-order valence-electron chi connectivity index (χ1n) is 6.49. The summed E-state index contributed by atoms with van der Waals surface area (Å²) in [5.41, 5.74) is 4.37. The highest BCUT2D eigenvalue weighted by Crippen LogP contribution is 2.24. The predicted octanol–water partition coefficient (Wildman–Crippen LogP) is 4.77. The molecule has 0 spiro atoms. The van der Waals surface area contributed by atoms with Crippen LogP contribution < -0.4 is 0 Å². The van der Waals surface area contributed by atoms with Gasteiger partial charge in [-0.25, -0.2) is 4.98 Å². The Morgan fingerprint density at radius 1 is 1.10 bits per heavy atom. The number of imidazole rings is 1. The minimum absolute atomic E-state index is 0.551. The number of alkyl halides is 1. The second kappa shape index (κ2) is 5.47. The number of hydrogen-bond donors (Lipinski definition) is 0. The summed E-state index contributed by atoms with van der Waals surface area (Å²) in [5, 5.41) is 0.730. The number of hydrogen-bond acceptors (Lipinski definition) is 1. The van der Waals surface area contributed by atoms with E-state index >= 15 is 0 Å². The average Bonchev–Trinajstić information content (AvgIpc) is 2.78. The lowest BCUT2D eigenvalue weighted by Gasteiger charge is -2.09. The Balaban J connectivity index is 2.27. The zero-order chi connectivity index (χ0) is 14.1. The van der Waals surface area contributed by atoms with Crippen molar-refractivity contribution in [2.75, 3.05) is 5.88 Å². The molecule has 0 atom stereocenters. The standard InChI is InChI=1S/C16H14Cl2N2/c1-11-2-7-14-15(10-11)20(16(19-14)8-9-17)13-5-3-12(18)4-6-13/h2-7,10H,8-9H2,1H3. The summed E-state index contributed by atoms with van der Waals surface area (Å²) in [4.78, 5) is 4.69. The molecule has 0 N–H and O–H groups in total. The van der Waals surface area contributed by atoms with E-state index in [0.29, 0.717) is 5.88 Å². The van der Waals surface area contributed by atoms with Crippen LogP contribution >= 0.6 is 23.2 Å². The van der Waals surface area contributed by atoms with Gasteiger partial charge in [-0.3, -0.25) is 4.57 Å². The molecule has 102 valence electrons. The summed E-state index contributed by atoms with van der Waals surface area (Å²) in [7, 11) is 0. The predicted molar refractivity (Wildman–Crippen MR) is 85.2 cm³/mol. The molecule has 1 heterocycles. The zero-order valence-corrected chi connectivity index (χ0v) is 12.6. The SMILES string of the molecule is Cc1ccc2nc(CCCl)n(-c3ccc(Cl)cc3)c2c1. The second-order valence-electron chi connectivity index (χ2n) is 4.77. The molecule has 3 rings (SSSR count). The Morgan fingerprint density at radius 3 is 2.55 bits per heavy atom. The summed E-state index contributed by atoms with van der Waals surface area (Å²) in [5.74, 6) is 1.53. The maximum absolute atomic E-state index is 5.97. The molecule has 0 aliphatic heterocycles. The number of halogens is 2. The molecule has 4 heteroatoms. The molecule has 0 aliphatic rings. The number of rotatable bonds is 3. The Hall–Kier alpha value is -1.51. The topological polar surface area (TPSA) is 17.8 Å². The third-order valence-corrected chi connectivity index (χ3v) is 3.72. The number of aryl methyl sites for hydroxylation is 2. The van der Waals surface area contributed by atoms with Crippen LogP contribution in [-0.2, 0) is 6.42 Å². The summed E-state index contributed by atoms with van der Waals surface area (Å²) in [6.45, 7) is 2.08. The quantitative estimate of drug-likeness (QED) is 0.637. The Kier molecular flexibility index (Phi) is 3.68. The molecule has 1 aromatic heterocycles. The van der Waals surface area contributed by atoms with Crippen LogP contribution in [0.25, 0.3) is 16.7 Å². The van der Waals surface area contributed by atoms with Crippen molar-refractivity contribution in [2.24, 2.45) is 0 Å². The van der Waals surface area contributed by atoms with Crippen LogP contribution in [0.4, 0.5) is 0 Å². The van der Waals surface area contributed by atoms with Gasteiger partial charge in [0, 0.05) is 23.0 Å². The minimum atomic E-state index is 0.551. The van der Waals surface area contributed by atoms with Crippen molar-refractivity contribution in [3.8, 4) is 5.69 Å². The van der Waals surface area contributed by atoms with Crippen LogP contribution in [0.2, 0.25) is 5.02 Å². The first-order valence-corrected chi connectivity index (χ1v) is 7.40. The van der Waals surface area contributed by atoms with Crippen LogP contribution in [0.5, 0.6) is 0 Å². The molecule has 0 fully saturated rings.